The summed E-state index contributed by atoms with van der Waals surface area (Å²) in [5.41, 5.74) is 7.75. The van der Waals surface area contributed by atoms with E-state index in [2.05, 4.69) is 10.2 Å². The monoisotopic (exact) mass is 205 g/mol. The van der Waals surface area contributed by atoms with Gasteiger partial charge in [-0.25, -0.2) is 0 Å². The van der Waals surface area contributed by atoms with E-state index in [1.165, 1.54) is 0 Å². The number of nitrogens with zero attached hydrogens (tertiary/aromatic N) is 1. The predicted molar refractivity (Wildman–Crippen MR) is 59.0 cm³/mol. The average Bonchev–Trinajstić information content (AvgIpc) is 2.69. The van der Waals surface area contributed by atoms with Gasteiger partial charge in [-0.05, 0) is 18.2 Å². The van der Waals surface area contributed by atoms with Crippen LogP contribution in [0, 0.1) is 0 Å². The van der Waals surface area contributed by atoms with Crippen molar-refractivity contribution in [1.29, 1.82) is 0 Å². The van der Waals surface area contributed by atoms with Gasteiger partial charge in [0.15, 0.2) is 0 Å². The Labute approximate surface area is 86.7 Å². The number of hydrogen-bond donors (Lipinski definition) is 2. The van der Waals surface area contributed by atoms with Crippen molar-refractivity contribution >= 4 is 17.4 Å². The molecule has 3 nitrogen and oxygen atoms in total. The number of thioether (sulfide) groups is 1. The third kappa shape index (κ3) is 2.09. The van der Waals surface area contributed by atoms with Gasteiger partial charge in [0.2, 0.25) is 0 Å². The van der Waals surface area contributed by atoms with Crippen molar-refractivity contribution in [2.45, 2.75) is 10.6 Å². The number of aromatic amines is 1. The molecular formula is C10H11N3S. The summed E-state index contributed by atoms with van der Waals surface area (Å²) in [6, 6.07) is 9.83. The first kappa shape index (κ1) is 9.15. The van der Waals surface area contributed by atoms with Crippen LogP contribution in [-0.4, -0.2) is 10.2 Å². The maximum atomic E-state index is 5.81. The number of hydrogen-bond acceptors (Lipinski definition) is 3. The van der Waals surface area contributed by atoms with E-state index in [1.807, 2.05) is 30.3 Å². The van der Waals surface area contributed by atoms with Crippen molar-refractivity contribution < 1.29 is 0 Å². The van der Waals surface area contributed by atoms with E-state index in [-0.39, 0.29) is 0 Å². The van der Waals surface area contributed by atoms with E-state index in [4.69, 9.17) is 5.73 Å². The zero-order valence-electron chi connectivity index (χ0n) is 7.60. The van der Waals surface area contributed by atoms with Crippen LogP contribution in [0.5, 0.6) is 0 Å². The molecule has 0 unspecified atom stereocenters. The molecular weight excluding hydrogens is 194 g/mol. The highest BCUT2D eigenvalue weighted by Gasteiger charge is 1.99. The van der Waals surface area contributed by atoms with Crippen LogP contribution in [0.15, 0.2) is 41.4 Å². The fraction of sp³-hybridized carbons (Fsp3) is 0.100. The topological polar surface area (TPSA) is 54.7 Å². The van der Waals surface area contributed by atoms with Crippen LogP contribution in [0.3, 0.4) is 0 Å². The van der Waals surface area contributed by atoms with E-state index in [0.29, 0.717) is 0 Å². The largest absolute Gasteiger partial charge is 0.398 e. The van der Waals surface area contributed by atoms with Gasteiger partial charge in [0.1, 0.15) is 0 Å². The fourth-order valence-corrected chi connectivity index (χ4v) is 2.01. The lowest BCUT2D eigenvalue weighted by molar-refractivity contribution is 1.04. The molecule has 2 aromatic rings. The lowest BCUT2D eigenvalue weighted by Gasteiger charge is -2.02. The van der Waals surface area contributed by atoms with Gasteiger partial charge in [-0.15, -0.1) is 11.8 Å². The van der Waals surface area contributed by atoms with E-state index in [9.17, 15) is 0 Å². The molecule has 1 aromatic heterocycles. The molecule has 0 saturated carbocycles. The predicted octanol–water partition coefficient (Wildman–Crippen LogP) is 2.28. The number of nitrogens with one attached hydrogen (secondary N) is 1. The Hall–Kier alpha value is -1.42. The second kappa shape index (κ2) is 4.19. The van der Waals surface area contributed by atoms with Crippen molar-refractivity contribution in [3.8, 4) is 0 Å². The Morgan fingerprint density at radius 3 is 2.86 bits per heavy atom. The van der Waals surface area contributed by atoms with Crippen LogP contribution in [-0.2, 0) is 5.75 Å². The Balaban J connectivity index is 2.02. The molecule has 0 aliphatic heterocycles. The van der Waals surface area contributed by atoms with E-state index in [1.54, 1.807) is 18.0 Å². The van der Waals surface area contributed by atoms with Crippen molar-refractivity contribution in [1.82, 2.24) is 10.2 Å². The smallest absolute Gasteiger partial charge is 0.0490 e. The number of nitrogen functional groups attached to an aromatic ring is 1. The molecule has 72 valence electrons. The van der Waals surface area contributed by atoms with Crippen LogP contribution < -0.4 is 5.73 Å². The van der Waals surface area contributed by atoms with Crippen LogP contribution in [0.1, 0.15) is 5.69 Å². The van der Waals surface area contributed by atoms with Gasteiger partial charge in [0, 0.05) is 28.2 Å². The zero-order valence-corrected chi connectivity index (χ0v) is 8.42. The standard InChI is InChI=1S/C10H11N3S/c11-9-3-1-2-4-10(9)14-7-8-5-6-12-13-8/h1-6H,7,11H2,(H,12,13). The third-order valence-corrected chi connectivity index (χ3v) is 3.00. The van der Waals surface area contributed by atoms with E-state index >= 15 is 0 Å². The Kier molecular flexibility index (Phi) is 2.74. The zero-order chi connectivity index (χ0) is 9.80. The van der Waals surface area contributed by atoms with E-state index < -0.39 is 0 Å². The molecule has 0 spiro atoms. The molecule has 4 heteroatoms. The second-order valence-electron chi connectivity index (χ2n) is 2.91. The van der Waals surface area contributed by atoms with Gasteiger partial charge in [-0.3, -0.25) is 5.10 Å². The number of nitrogens with two attached hydrogens (primary N) is 1. The van der Waals surface area contributed by atoms with Crippen LogP contribution in [0.2, 0.25) is 0 Å². The second-order valence-corrected chi connectivity index (χ2v) is 3.93. The highest BCUT2D eigenvalue weighted by Crippen LogP contribution is 2.26. The molecule has 0 aliphatic carbocycles. The Morgan fingerprint density at radius 2 is 2.14 bits per heavy atom. The average molecular weight is 205 g/mol. The first-order chi connectivity index (χ1) is 6.86. The summed E-state index contributed by atoms with van der Waals surface area (Å²) in [5.74, 6) is 0.869. The summed E-state index contributed by atoms with van der Waals surface area (Å²) in [7, 11) is 0. The summed E-state index contributed by atoms with van der Waals surface area (Å²) in [6.45, 7) is 0. The van der Waals surface area contributed by atoms with Crippen molar-refractivity contribution in [3.63, 3.8) is 0 Å². The molecule has 0 aliphatic rings. The van der Waals surface area contributed by atoms with E-state index in [0.717, 1.165) is 22.0 Å². The number of benzene rings is 1. The lowest BCUT2D eigenvalue weighted by atomic mass is 10.3. The highest BCUT2D eigenvalue weighted by molar-refractivity contribution is 7.98. The molecule has 0 fully saturated rings. The van der Waals surface area contributed by atoms with Crippen molar-refractivity contribution in [2.75, 3.05) is 5.73 Å². The molecule has 0 radical (unpaired) electrons. The van der Waals surface area contributed by atoms with Gasteiger partial charge in [-0.2, -0.15) is 5.10 Å². The first-order valence-electron chi connectivity index (χ1n) is 4.32. The maximum absolute atomic E-state index is 5.81. The normalized spacial score (nSPS) is 10.3. The molecule has 2 rings (SSSR count). The molecule has 3 N–H and O–H groups in total. The molecule has 1 aromatic carbocycles. The Morgan fingerprint density at radius 1 is 1.29 bits per heavy atom. The molecule has 0 atom stereocenters. The molecule has 0 amide bonds. The quantitative estimate of drug-likeness (QED) is 0.597. The summed E-state index contributed by atoms with van der Waals surface area (Å²) in [5, 5.41) is 6.80. The summed E-state index contributed by atoms with van der Waals surface area (Å²) in [6.07, 6.45) is 1.75. The first-order valence-corrected chi connectivity index (χ1v) is 5.30. The van der Waals surface area contributed by atoms with Gasteiger partial charge >= 0.3 is 0 Å². The minimum atomic E-state index is 0.831. The van der Waals surface area contributed by atoms with Crippen molar-refractivity contribution in [2.24, 2.45) is 0 Å². The maximum Gasteiger partial charge on any atom is 0.0490 e. The summed E-state index contributed by atoms with van der Waals surface area (Å²) in [4.78, 5) is 1.11. The Bertz CT molecular complexity index is 398. The van der Waals surface area contributed by atoms with Crippen LogP contribution in [0.25, 0.3) is 0 Å². The van der Waals surface area contributed by atoms with Crippen LogP contribution in [0.4, 0.5) is 5.69 Å². The number of para-hydroxylation sites is 1. The minimum absolute atomic E-state index is 0.831. The number of rotatable bonds is 3. The molecule has 1 heterocycles. The van der Waals surface area contributed by atoms with Gasteiger partial charge < -0.3 is 5.73 Å². The molecule has 14 heavy (non-hydrogen) atoms. The summed E-state index contributed by atoms with van der Waals surface area (Å²) >= 11 is 1.71. The third-order valence-electron chi connectivity index (χ3n) is 1.86. The van der Waals surface area contributed by atoms with Crippen molar-refractivity contribution in [3.05, 3.63) is 42.2 Å². The fourth-order valence-electron chi connectivity index (χ4n) is 1.13. The van der Waals surface area contributed by atoms with Gasteiger partial charge in [0.25, 0.3) is 0 Å². The molecule has 0 bridgehead atoms. The SMILES string of the molecule is Nc1ccccc1SCc1ccn[nH]1. The minimum Gasteiger partial charge on any atom is -0.398 e. The summed E-state index contributed by atoms with van der Waals surface area (Å²) < 4.78 is 0. The highest BCUT2D eigenvalue weighted by atomic mass is 32.2. The lowest BCUT2D eigenvalue weighted by Crippen LogP contribution is -1.88. The number of aromatic nitrogens is 2. The molecule has 0 saturated heterocycles. The van der Waals surface area contributed by atoms with Gasteiger partial charge in [-0.1, -0.05) is 12.1 Å². The number of H-pyrrole nitrogens is 1. The van der Waals surface area contributed by atoms with Crippen LogP contribution >= 0.6 is 11.8 Å². The number of anilines is 1. The van der Waals surface area contributed by atoms with Gasteiger partial charge in [0.05, 0.1) is 0 Å².